The van der Waals surface area contributed by atoms with E-state index in [0.29, 0.717) is 29.2 Å². The van der Waals surface area contributed by atoms with E-state index in [1.54, 1.807) is 9.58 Å². The van der Waals surface area contributed by atoms with Gasteiger partial charge >= 0.3 is 6.09 Å². The number of aromatic nitrogens is 2. The van der Waals surface area contributed by atoms with Crippen LogP contribution >= 0.6 is 15.9 Å². The third-order valence-corrected chi connectivity index (χ3v) is 3.99. The van der Waals surface area contributed by atoms with Gasteiger partial charge in [0.05, 0.1) is 6.04 Å². The van der Waals surface area contributed by atoms with Crippen molar-refractivity contribution in [2.45, 2.75) is 45.3 Å². The number of likely N-dealkylation sites (tertiary alicyclic amines) is 1. The van der Waals surface area contributed by atoms with Crippen LogP contribution in [0.25, 0.3) is 0 Å². The Labute approximate surface area is 132 Å². The highest BCUT2D eigenvalue weighted by Gasteiger charge is 2.29. The topological polar surface area (TPSA) is 99.4 Å². The smallest absolute Gasteiger partial charge is 0.410 e. The largest absolute Gasteiger partial charge is 0.444 e. The maximum atomic E-state index is 12.0. The lowest BCUT2D eigenvalue weighted by atomic mass is 10.1. The minimum atomic E-state index is -0.473. The first-order valence-electron chi connectivity index (χ1n) is 6.96. The SMILES string of the molecule is CC(C)(C)OC(=O)N1CCC(n2nc(Br)c(N)c2N)CC1. The van der Waals surface area contributed by atoms with E-state index in [2.05, 4.69) is 21.0 Å². The molecule has 0 saturated carbocycles. The molecule has 1 aliphatic rings. The van der Waals surface area contributed by atoms with E-state index in [1.807, 2.05) is 20.8 Å². The van der Waals surface area contributed by atoms with Gasteiger partial charge in [0.2, 0.25) is 0 Å². The van der Waals surface area contributed by atoms with Crippen LogP contribution in [0.2, 0.25) is 0 Å². The van der Waals surface area contributed by atoms with Crippen LogP contribution in [-0.2, 0) is 4.74 Å². The second kappa shape index (κ2) is 5.75. The number of hydrogen-bond acceptors (Lipinski definition) is 5. The Bertz CT molecular complexity index is 529. The molecule has 1 saturated heterocycles. The maximum absolute atomic E-state index is 12.0. The monoisotopic (exact) mass is 359 g/mol. The summed E-state index contributed by atoms with van der Waals surface area (Å²) in [6, 6.07) is 0.150. The van der Waals surface area contributed by atoms with Crippen LogP contribution in [-0.4, -0.2) is 39.5 Å². The number of nitrogen functional groups attached to an aromatic ring is 2. The standard InChI is InChI=1S/C13H22BrN5O2/c1-13(2,3)21-12(20)18-6-4-8(5-7-18)19-11(16)9(15)10(14)17-19/h8H,4-7,15-16H2,1-3H3. The Morgan fingerprint density at radius 2 is 1.90 bits per heavy atom. The van der Waals surface area contributed by atoms with E-state index < -0.39 is 5.60 Å². The molecule has 2 heterocycles. The van der Waals surface area contributed by atoms with Crippen molar-refractivity contribution in [3.05, 3.63) is 4.60 Å². The lowest BCUT2D eigenvalue weighted by Crippen LogP contribution is -2.42. The molecule has 8 heteroatoms. The first-order chi connectivity index (χ1) is 9.69. The van der Waals surface area contributed by atoms with Crippen LogP contribution in [0.15, 0.2) is 4.60 Å². The van der Waals surface area contributed by atoms with Crippen molar-refractivity contribution in [1.82, 2.24) is 14.7 Å². The summed E-state index contributed by atoms with van der Waals surface area (Å²) in [7, 11) is 0. The van der Waals surface area contributed by atoms with Gasteiger partial charge in [0.15, 0.2) is 4.60 Å². The first-order valence-corrected chi connectivity index (χ1v) is 7.75. The third-order valence-electron chi connectivity index (χ3n) is 3.40. The summed E-state index contributed by atoms with van der Waals surface area (Å²) in [5.74, 6) is 0.470. The average molecular weight is 360 g/mol. The van der Waals surface area contributed by atoms with E-state index >= 15 is 0 Å². The zero-order valence-electron chi connectivity index (χ0n) is 12.6. The van der Waals surface area contributed by atoms with Gasteiger partial charge in [-0.05, 0) is 49.5 Å². The maximum Gasteiger partial charge on any atom is 0.410 e. The second-order valence-electron chi connectivity index (χ2n) is 6.23. The number of carbonyl (C=O) groups is 1. The molecule has 118 valence electrons. The molecule has 0 aromatic carbocycles. The Morgan fingerprint density at radius 1 is 1.33 bits per heavy atom. The summed E-state index contributed by atoms with van der Waals surface area (Å²) < 4.78 is 7.68. The van der Waals surface area contributed by atoms with Crippen LogP contribution in [0.4, 0.5) is 16.3 Å². The third kappa shape index (κ3) is 3.61. The molecule has 0 aliphatic carbocycles. The molecule has 2 rings (SSSR count). The molecule has 0 atom stereocenters. The van der Waals surface area contributed by atoms with Gasteiger partial charge in [-0.3, -0.25) is 0 Å². The van der Waals surface area contributed by atoms with Crippen molar-refractivity contribution >= 4 is 33.5 Å². The van der Waals surface area contributed by atoms with Gasteiger partial charge in [0.25, 0.3) is 0 Å². The molecule has 4 N–H and O–H groups in total. The van der Waals surface area contributed by atoms with E-state index in [-0.39, 0.29) is 12.1 Å². The lowest BCUT2D eigenvalue weighted by Gasteiger charge is -2.33. The fraction of sp³-hybridized carbons (Fsp3) is 0.692. The van der Waals surface area contributed by atoms with Gasteiger partial charge in [0, 0.05) is 13.1 Å². The van der Waals surface area contributed by atoms with Crippen molar-refractivity contribution in [3.8, 4) is 0 Å². The number of rotatable bonds is 1. The Hall–Kier alpha value is -1.44. The number of hydrogen-bond donors (Lipinski definition) is 2. The van der Waals surface area contributed by atoms with Gasteiger partial charge in [-0.15, -0.1) is 0 Å². The van der Waals surface area contributed by atoms with E-state index in [0.717, 1.165) is 12.8 Å². The summed E-state index contributed by atoms with van der Waals surface area (Å²) in [6.07, 6.45) is 1.28. The van der Waals surface area contributed by atoms with Crippen LogP contribution in [0, 0.1) is 0 Å². The zero-order valence-corrected chi connectivity index (χ0v) is 14.2. The van der Waals surface area contributed by atoms with Crippen LogP contribution in [0.1, 0.15) is 39.7 Å². The Kier molecular flexibility index (Phi) is 4.36. The highest BCUT2D eigenvalue weighted by molar-refractivity contribution is 9.10. The second-order valence-corrected chi connectivity index (χ2v) is 6.98. The quantitative estimate of drug-likeness (QED) is 0.801. The first kappa shape index (κ1) is 15.9. The highest BCUT2D eigenvalue weighted by Crippen LogP contribution is 2.31. The van der Waals surface area contributed by atoms with E-state index in [4.69, 9.17) is 16.2 Å². The molecule has 0 radical (unpaired) electrons. The van der Waals surface area contributed by atoms with Gasteiger partial charge in [-0.25, -0.2) is 9.48 Å². The predicted molar refractivity (Wildman–Crippen MR) is 84.8 cm³/mol. The minimum Gasteiger partial charge on any atom is -0.444 e. The molecule has 21 heavy (non-hydrogen) atoms. The highest BCUT2D eigenvalue weighted by atomic mass is 79.9. The van der Waals surface area contributed by atoms with E-state index in [9.17, 15) is 4.79 Å². The molecule has 1 fully saturated rings. The Balaban J connectivity index is 1.97. The normalized spacial score (nSPS) is 17.0. The number of nitrogens with two attached hydrogens (primary N) is 2. The van der Waals surface area contributed by atoms with Crippen molar-refractivity contribution in [2.24, 2.45) is 0 Å². The van der Waals surface area contributed by atoms with Gasteiger partial charge in [-0.2, -0.15) is 5.10 Å². The fourth-order valence-corrected chi connectivity index (χ4v) is 2.70. The van der Waals surface area contributed by atoms with Crippen molar-refractivity contribution in [1.29, 1.82) is 0 Å². The number of ether oxygens (including phenoxy) is 1. The van der Waals surface area contributed by atoms with Crippen LogP contribution < -0.4 is 11.5 Å². The average Bonchev–Trinajstić information content (AvgIpc) is 2.65. The molecule has 0 unspecified atom stereocenters. The number of nitrogens with zero attached hydrogens (tertiary/aromatic N) is 3. The minimum absolute atomic E-state index is 0.150. The van der Waals surface area contributed by atoms with E-state index in [1.165, 1.54) is 0 Å². The number of carbonyl (C=O) groups excluding carboxylic acids is 1. The summed E-state index contributed by atoms with van der Waals surface area (Å²) in [5, 5.41) is 4.31. The van der Waals surface area contributed by atoms with Gasteiger partial charge in [-0.1, -0.05) is 0 Å². The van der Waals surface area contributed by atoms with Crippen molar-refractivity contribution in [2.75, 3.05) is 24.6 Å². The molecule has 1 aromatic heterocycles. The summed E-state index contributed by atoms with van der Waals surface area (Å²) >= 11 is 3.28. The number of halogens is 1. The summed E-state index contributed by atoms with van der Waals surface area (Å²) in [4.78, 5) is 13.7. The molecule has 1 amide bonds. The number of amides is 1. The number of piperidine rings is 1. The summed E-state index contributed by atoms with van der Waals surface area (Å²) in [6.45, 7) is 6.83. The van der Waals surface area contributed by atoms with Gasteiger partial charge < -0.3 is 21.1 Å². The fourth-order valence-electron chi connectivity index (χ4n) is 2.33. The molecule has 0 spiro atoms. The predicted octanol–water partition coefficient (Wildman–Crippen LogP) is 2.38. The van der Waals surface area contributed by atoms with Crippen LogP contribution in [0.5, 0.6) is 0 Å². The molecule has 1 aliphatic heterocycles. The zero-order chi connectivity index (χ0) is 15.8. The van der Waals surface area contributed by atoms with Crippen molar-refractivity contribution < 1.29 is 9.53 Å². The summed E-state index contributed by atoms with van der Waals surface area (Å²) in [5.41, 5.74) is 11.8. The molecule has 7 nitrogen and oxygen atoms in total. The van der Waals surface area contributed by atoms with Crippen LogP contribution in [0.3, 0.4) is 0 Å². The number of anilines is 2. The molecular weight excluding hydrogens is 338 g/mol. The molecular formula is C13H22BrN5O2. The van der Waals surface area contributed by atoms with Gasteiger partial charge in [0.1, 0.15) is 17.1 Å². The lowest BCUT2D eigenvalue weighted by molar-refractivity contribution is 0.0185. The molecule has 1 aromatic rings. The Morgan fingerprint density at radius 3 is 2.33 bits per heavy atom. The molecule has 0 bridgehead atoms. The van der Waals surface area contributed by atoms with Crippen molar-refractivity contribution in [3.63, 3.8) is 0 Å².